The highest BCUT2D eigenvalue weighted by Gasteiger charge is 2.48. The Kier molecular flexibility index (Phi) is 3.66. The summed E-state index contributed by atoms with van der Waals surface area (Å²) < 4.78 is 43.8. The van der Waals surface area contributed by atoms with Crippen LogP contribution in [0.5, 0.6) is 0 Å². The molecule has 0 bridgehead atoms. The van der Waals surface area contributed by atoms with Crippen LogP contribution in [0.4, 0.5) is 13.2 Å². The fourth-order valence-electron chi connectivity index (χ4n) is 2.13. The predicted molar refractivity (Wildman–Crippen MR) is 63.3 cm³/mol. The molecule has 1 aromatic carbocycles. The quantitative estimate of drug-likeness (QED) is 0.728. The fourth-order valence-corrected chi connectivity index (χ4v) is 2.13. The van der Waals surface area contributed by atoms with E-state index in [1.54, 1.807) is 6.92 Å². The van der Waals surface area contributed by atoms with E-state index in [0.29, 0.717) is 13.0 Å². The minimum Gasteiger partial charge on any atom is -0.370 e. The first-order chi connectivity index (χ1) is 8.39. The highest BCUT2D eigenvalue weighted by Crippen LogP contribution is 2.41. The Morgan fingerprint density at radius 3 is 2.39 bits per heavy atom. The molecular weight excluding hydrogens is 241 g/mol. The van der Waals surface area contributed by atoms with Gasteiger partial charge in [-0.2, -0.15) is 13.2 Å². The van der Waals surface area contributed by atoms with Gasteiger partial charge in [-0.15, -0.1) is 0 Å². The molecule has 18 heavy (non-hydrogen) atoms. The fraction of sp³-hybridized carbons (Fsp3) is 0.571. The summed E-state index contributed by atoms with van der Waals surface area (Å²) in [4.78, 5) is 0. The van der Waals surface area contributed by atoms with E-state index in [9.17, 15) is 13.2 Å². The highest BCUT2D eigenvalue weighted by molar-refractivity contribution is 5.14. The van der Waals surface area contributed by atoms with Crippen LogP contribution in [-0.4, -0.2) is 18.4 Å². The molecule has 4 heteroatoms. The SMILES string of the molecule is CC1(CC(CCc2ccccc2)C(F)(F)F)CO1. The van der Waals surface area contributed by atoms with Crippen molar-refractivity contribution in [2.45, 2.75) is 38.0 Å². The van der Waals surface area contributed by atoms with Gasteiger partial charge in [0.15, 0.2) is 0 Å². The normalized spacial score (nSPS) is 24.9. The number of ether oxygens (including phenoxy) is 1. The first kappa shape index (κ1) is 13.4. The molecule has 0 saturated carbocycles. The zero-order valence-corrected chi connectivity index (χ0v) is 10.3. The molecule has 1 saturated heterocycles. The van der Waals surface area contributed by atoms with E-state index in [4.69, 9.17) is 4.74 Å². The molecule has 0 radical (unpaired) electrons. The van der Waals surface area contributed by atoms with Crippen molar-refractivity contribution in [2.75, 3.05) is 6.61 Å². The Morgan fingerprint density at radius 2 is 1.89 bits per heavy atom. The Labute approximate surface area is 105 Å². The first-order valence-electron chi connectivity index (χ1n) is 6.14. The molecular formula is C14H17F3O. The van der Waals surface area contributed by atoms with Crippen LogP contribution in [0.25, 0.3) is 0 Å². The Hall–Kier alpha value is -1.03. The maximum absolute atomic E-state index is 12.9. The second kappa shape index (κ2) is 4.92. The summed E-state index contributed by atoms with van der Waals surface area (Å²) in [7, 11) is 0. The molecule has 0 aliphatic carbocycles. The number of benzene rings is 1. The van der Waals surface area contributed by atoms with Crippen molar-refractivity contribution in [3.63, 3.8) is 0 Å². The molecule has 1 nitrogen and oxygen atoms in total. The molecule has 1 heterocycles. The Morgan fingerprint density at radius 1 is 1.28 bits per heavy atom. The van der Waals surface area contributed by atoms with Crippen molar-refractivity contribution >= 4 is 0 Å². The standard InChI is InChI=1S/C14H17F3O/c1-13(10-18-13)9-12(14(15,16)17)8-7-11-5-3-2-4-6-11/h2-6,12H,7-10H2,1H3. The second-order valence-corrected chi connectivity index (χ2v) is 5.21. The number of aryl methyl sites for hydroxylation is 1. The van der Waals surface area contributed by atoms with E-state index < -0.39 is 17.7 Å². The van der Waals surface area contributed by atoms with Gasteiger partial charge in [0, 0.05) is 0 Å². The molecule has 2 atom stereocenters. The summed E-state index contributed by atoms with van der Waals surface area (Å²) in [6.45, 7) is 2.19. The maximum Gasteiger partial charge on any atom is 0.391 e. The molecule has 100 valence electrons. The second-order valence-electron chi connectivity index (χ2n) is 5.21. The Balaban J connectivity index is 1.93. The first-order valence-corrected chi connectivity index (χ1v) is 6.14. The zero-order valence-electron chi connectivity index (χ0n) is 10.3. The van der Waals surface area contributed by atoms with E-state index in [2.05, 4.69) is 0 Å². The third kappa shape index (κ3) is 3.73. The van der Waals surface area contributed by atoms with Gasteiger partial charge < -0.3 is 4.74 Å². The minimum absolute atomic E-state index is 0.0728. The summed E-state index contributed by atoms with van der Waals surface area (Å²) >= 11 is 0. The number of halogens is 3. The van der Waals surface area contributed by atoms with E-state index in [1.807, 2.05) is 30.3 Å². The molecule has 1 aliphatic heterocycles. The van der Waals surface area contributed by atoms with E-state index in [0.717, 1.165) is 5.56 Å². The number of epoxide rings is 1. The molecule has 0 amide bonds. The lowest BCUT2D eigenvalue weighted by Gasteiger charge is -2.22. The van der Waals surface area contributed by atoms with Crippen LogP contribution in [0.2, 0.25) is 0 Å². The summed E-state index contributed by atoms with van der Waals surface area (Å²) in [6.07, 6.45) is -3.47. The maximum atomic E-state index is 12.9. The van der Waals surface area contributed by atoms with Crippen molar-refractivity contribution in [1.82, 2.24) is 0 Å². The van der Waals surface area contributed by atoms with Gasteiger partial charge in [0.25, 0.3) is 0 Å². The number of hydrogen-bond acceptors (Lipinski definition) is 1. The van der Waals surface area contributed by atoms with Gasteiger partial charge in [-0.3, -0.25) is 0 Å². The minimum atomic E-state index is -4.14. The molecule has 1 aliphatic rings. The Bertz CT molecular complexity index is 382. The number of rotatable bonds is 5. The van der Waals surface area contributed by atoms with Gasteiger partial charge in [-0.05, 0) is 31.7 Å². The topological polar surface area (TPSA) is 12.5 Å². The van der Waals surface area contributed by atoms with Crippen molar-refractivity contribution in [1.29, 1.82) is 0 Å². The van der Waals surface area contributed by atoms with Crippen molar-refractivity contribution in [3.05, 3.63) is 35.9 Å². The average molecular weight is 258 g/mol. The summed E-state index contributed by atoms with van der Waals surface area (Å²) in [6, 6.07) is 9.29. The highest BCUT2D eigenvalue weighted by atomic mass is 19.4. The van der Waals surface area contributed by atoms with Crippen LogP contribution in [-0.2, 0) is 11.2 Å². The van der Waals surface area contributed by atoms with Gasteiger partial charge in [0.05, 0.1) is 18.1 Å². The third-order valence-electron chi connectivity index (χ3n) is 3.40. The van der Waals surface area contributed by atoms with Crippen LogP contribution in [0.1, 0.15) is 25.3 Å². The van der Waals surface area contributed by atoms with E-state index in [1.165, 1.54) is 0 Å². The summed E-state index contributed by atoms with van der Waals surface area (Å²) in [5, 5.41) is 0. The molecule has 0 aromatic heterocycles. The smallest absolute Gasteiger partial charge is 0.370 e. The lowest BCUT2D eigenvalue weighted by Crippen LogP contribution is -2.28. The van der Waals surface area contributed by atoms with Crippen LogP contribution < -0.4 is 0 Å². The van der Waals surface area contributed by atoms with E-state index in [-0.39, 0.29) is 12.8 Å². The summed E-state index contributed by atoms with van der Waals surface area (Å²) in [5.74, 6) is -1.27. The largest absolute Gasteiger partial charge is 0.391 e. The van der Waals surface area contributed by atoms with E-state index >= 15 is 0 Å². The third-order valence-corrected chi connectivity index (χ3v) is 3.40. The van der Waals surface area contributed by atoms with Gasteiger partial charge in [0.1, 0.15) is 0 Å². The number of hydrogen-bond donors (Lipinski definition) is 0. The molecule has 1 fully saturated rings. The zero-order chi connectivity index (χ0) is 13.2. The monoisotopic (exact) mass is 258 g/mol. The molecule has 2 rings (SSSR count). The van der Waals surface area contributed by atoms with Crippen molar-refractivity contribution in [3.8, 4) is 0 Å². The summed E-state index contributed by atoms with van der Waals surface area (Å²) in [5.41, 5.74) is 0.408. The molecule has 2 unspecified atom stereocenters. The van der Waals surface area contributed by atoms with Gasteiger partial charge in [-0.25, -0.2) is 0 Å². The van der Waals surface area contributed by atoms with Gasteiger partial charge in [0.2, 0.25) is 0 Å². The van der Waals surface area contributed by atoms with Crippen molar-refractivity contribution in [2.24, 2.45) is 5.92 Å². The van der Waals surface area contributed by atoms with Gasteiger partial charge >= 0.3 is 6.18 Å². The lowest BCUT2D eigenvalue weighted by molar-refractivity contribution is -0.181. The molecule has 1 aromatic rings. The van der Waals surface area contributed by atoms with Crippen LogP contribution in [0.15, 0.2) is 30.3 Å². The number of alkyl halides is 3. The van der Waals surface area contributed by atoms with Gasteiger partial charge in [-0.1, -0.05) is 30.3 Å². The average Bonchev–Trinajstić information content (AvgIpc) is 3.03. The van der Waals surface area contributed by atoms with Crippen LogP contribution >= 0.6 is 0 Å². The molecule has 0 N–H and O–H groups in total. The van der Waals surface area contributed by atoms with Crippen LogP contribution in [0.3, 0.4) is 0 Å². The van der Waals surface area contributed by atoms with Crippen molar-refractivity contribution < 1.29 is 17.9 Å². The van der Waals surface area contributed by atoms with Crippen LogP contribution in [0, 0.1) is 5.92 Å². The lowest BCUT2D eigenvalue weighted by atomic mass is 9.90. The predicted octanol–water partition coefficient (Wildman–Crippen LogP) is 3.98. The molecule has 0 spiro atoms.